The van der Waals surface area contributed by atoms with Crippen molar-refractivity contribution >= 4 is 21.4 Å². The van der Waals surface area contributed by atoms with E-state index in [1.165, 1.54) is 6.26 Å². The van der Waals surface area contributed by atoms with Crippen LogP contribution in [0.3, 0.4) is 0 Å². The minimum absolute atomic E-state index is 0.0408. The fourth-order valence-electron chi connectivity index (χ4n) is 3.33. The Bertz CT molecular complexity index is 605. The van der Waals surface area contributed by atoms with Crippen molar-refractivity contribution in [3.8, 4) is 0 Å². The molecule has 0 bridgehead atoms. The molecule has 124 valence electrons. The van der Waals surface area contributed by atoms with Crippen LogP contribution in [0, 0.1) is 0 Å². The van der Waals surface area contributed by atoms with Gasteiger partial charge in [0.05, 0.1) is 11.4 Å². The quantitative estimate of drug-likeness (QED) is 0.891. The number of benzene rings is 1. The monoisotopic (exact) mass is 345 g/mol. The van der Waals surface area contributed by atoms with Crippen molar-refractivity contribution in [1.29, 1.82) is 0 Å². The molecule has 1 aliphatic carbocycles. The van der Waals surface area contributed by atoms with E-state index >= 15 is 0 Å². The van der Waals surface area contributed by atoms with Crippen LogP contribution in [0.5, 0.6) is 0 Å². The van der Waals surface area contributed by atoms with Gasteiger partial charge in [-0.1, -0.05) is 42.6 Å². The minimum atomic E-state index is -3.08. The Morgan fingerprint density at radius 3 is 2.59 bits per heavy atom. The lowest BCUT2D eigenvalue weighted by Gasteiger charge is -2.37. The molecule has 4 nitrogen and oxygen atoms in total. The van der Waals surface area contributed by atoms with Crippen molar-refractivity contribution in [2.24, 2.45) is 0 Å². The molecule has 1 saturated carbocycles. The molecule has 1 fully saturated rings. The Hall–Kier alpha value is -0.620. The van der Waals surface area contributed by atoms with Crippen LogP contribution in [0.15, 0.2) is 24.3 Å². The lowest BCUT2D eigenvalue weighted by atomic mass is 9.93. The molecule has 0 heterocycles. The minimum Gasteiger partial charge on any atom is -0.387 e. The first-order valence-electron chi connectivity index (χ1n) is 7.62. The summed E-state index contributed by atoms with van der Waals surface area (Å²) in [6.07, 6.45) is 4.13. The fourth-order valence-corrected chi connectivity index (χ4v) is 5.10. The molecule has 1 N–H and O–H groups in total. The number of aliphatic hydroxyl groups excluding tert-OH is 1. The largest absolute Gasteiger partial charge is 0.387 e. The van der Waals surface area contributed by atoms with Gasteiger partial charge in [-0.2, -0.15) is 0 Å². The molecule has 1 aliphatic rings. The average molecular weight is 346 g/mol. The SMILES string of the molecule is CN(CC(O)c1ccccc1Cl)C1CCCCC1S(C)(=O)=O. The molecule has 6 heteroatoms. The van der Waals surface area contributed by atoms with Gasteiger partial charge in [0.15, 0.2) is 9.84 Å². The highest BCUT2D eigenvalue weighted by molar-refractivity contribution is 7.91. The first-order valence-corrected chi connectivity index (χ1v) is 9.95. The third kappa shape index (κ3) is 4.22. The van der Waals surface area contributed by atoms with Crippen molar-refractivity contribution in [2.45, 2.75) is 43.1 Å². The summed E-state index contributed by atoms with van der Waals surface area (Å²) in [5, 5.41) is 10.6. The van der Waals surface area contributed by atoms with Gasteiger partial charge in [0.2, 0.25) is 0 Å². The summed E-state index contributed by atoms with van der Waals surface area (Å²) in [6, 6.07) is 7.17. The lowest BCUT2D eigenvalue weighted by Crippen LogP contribution is -2.48. The van der Waals surface area contributed by atoms with Gasteiger partial charge in [0.1, 0.15) is 0 Å². The van der Waals surface area contributed by atoms with Crippen molar-refractivity contribution in [3.63, 3.8) is 0 Å². The van der Waals surface area contributed by atoms with Gasteiger partial charge in [0, 0.05) is 29.4 Å². The third-order valence-electron chi connectivity index (χ3n) is 4.51. The van der Waals surface area contributed by atoms with Gasteiger partial charge in [-0.3, -0.25) is 4.90 Å². The van der Waals surface area contributed by atoms with Crippen LogP contribution in [0.2, 0.25) is 5.02 Å². The van der Waals surface area contributed by atoms with Crippen molar-refractivity contribution in [3.05, 3.63) is 34.9 Å². The van der Waals surface area contributed by atoms with E-state index in [1.807, 2.05) is 24.1 Å². The Kier molecular flexibility index (Phi) is 5.88. The molecule has 1 aromatic rings. The number of hydrogen-bond acceptors (Lipinski definition) is 4. The molecular weight excluding hydrogens is 322 g/mol. The van der Waals surface area contributed by atoms with E-state index in [0.29, 0.717) is 23.6 Å². The first-order chi connectivity index (χ1) is 10.3. The molecule has 0 aromatic heterocycles. The van der Waals surface area contributed by atoms with Crippen LogP contribution in [-0.4, -0.2) is 49.6 Å². The second kappa shape index (κ2) is 7.30. The van der Waals surface area contributed by atoms with E-state index < -0.39 is 15.9 Å². The molecule has 0 radical (unpaired) electrons. The fraction of sp³-hybridized carbons (Fsp3) is 0.625. The molecular formula is C16H24ClNO3S. The molecule has 0 spiro atoms. The summed E-state index contributed by atoms with van der Waals surface area (Å²) in [5.41, 5.74) is 0.683. The zero-order valence-corrected chi connectivity index (χ0v) is 14.6. The van der Waals surface area contributed by atoms with E-state index in [9.17, 15) is 13.5 Å². The Labute approximate surface area is 138 Å². The standard InChI is InChI=1S/C16H24ClNO3S/c1-18(11-15(19)12-7-3-4-8-13(12)17)14-9-5-6-10-16(14)22(2,20)21/h3-4,7-8,14-16,19H,5-6,9-11H2,1-2H3. The maximum atomic E-state index is 12.0. The molecule has 3 unspecified atom stereocenters. The molecule has 0 amide bonds. The van der Waals surface area contributed by atoms with E-state index in [0.717, 1.165) is 19.3 Å². The molecule has 22 heavy (non-hydrogen) atoms. The zero-order valence-electron chi connectivity index (χ0n) is 13.1. The first kappa shape index (κ1) is 17.7. The summed E-state index contributed by atoms with van der Waals surface area (Å²) in [4.78, 5) is 1.97. The molecule has 0 aliphatic heterocycles. The van der Waals surface area contributed by atoms with E-state index in [4.69, 9.17) is 11.6 Å². The van der Waals surface area contributed by atoms with Crippen LogP contribution in [0.4, 0.5) is 0 Å². The normalized spacial score (nSPS) is 24.4. The smallest absolute Gasteiger partial charge is 0.151 e. The number of hydrogen-bond donors (Lipinski definition) is 1. The van der Waals surface area contributed by atoms with Gasteiger partial charge in [-0.15, -0.1) is 0 Å². The van der Waals surface area contributed by atoms with Crippen molar-refractivity contribution in [2.75, 3.05) is 19.8 Å². The Morgan fingerprint density at radius 2 is 1.95 bits per heavy atom. The highest BCUT2D eigenvalue weighted by atomic mass is 35.5. The summed E-state index contributed by atoms with van der Waals surface area (Å²) < 4.78 is 24.0. The summed E-state index contributed by atoms with van der Waals surface area (Å²) >= 11 is 6.12. The highest BCUT2D eigenvalue weighted by Crippen LogP contribution is 2.29. The topological polar surface area (TPSA) is 57.6 Å². The van der Waals surface area contributed by atoms with Crippen LogP contribution in [0.1, 0.15) is 37.4 Å². The van der Waals surface area contributed by atoms with Crippen LogP contribution in [-0.2, 0) is 9.84 Å². The molecule has 2 rings (SSSR count). The number of rotatable bonds is 5. The highest BCUT2D eigenvalue weighted by Gasteiger charge is 2.35. The number of nitrogens with zero attached hydrogens (tertiary/aromatic N) is 1. The molecule has 1 aromatic carbocycles. The third-order valence-corrected chi connectivity index (χ3v) is 6.50. The number of sulfone groups is 1. The summed E-state index contributed by atoms with van der Waals surface area (Å²) in [6.45, 7) is 0.375. The summed E-state index contributed by atoms with van der Waals surface area (Å²) in [7, 11) is -1.19. The Balaban J connectivity index is 2.10. The van der Waals surface area contributed by atoms with E-state index in [2.05, 4.69) is 0 Å². The van der Waals surface area contributed by atoms with E-state index in [-0.39, 0.29) is 11.3 Å². The second-order valence-electron chi connectivity index (χ2n) is 6.20. The predicted molar refractivity (Wildman–Crippen MR) is 89.9 cm³/mol. The van der Waals surface area contributed by atoms with Crippen LogP contribution >= 0.6 is 11.6 Å². The van der Waals surface area contributed by atoms with Gasteiger partial charge in [-0.25, -0.2) is 8.42 Å². The van der Waals surface area contributed by atoms with Crippen molar-refractivity contribution < 1.29 is 13.5 Å². The Morgan fingerprint density at radius 1 is 1.32 bits per heavy atom. The van der Waals surface area contributed by atoms with Crippen LogP contribution in [0.25, 0.3) is 0 Å². The van der Waals surface area contributed by atoms with Gasteiger partial charge in [0.25, 0.3) is 0 Å². The average Bonchev–Trinajstić information content (AvgIpc) is 2.46. The molecule has 3 atom stereocenters. The van der Waals surface area contributed by atoms with Gasteiger partial charge < -0.3 is 5.11 Å². The second-order valence-corrected chi connectivity index (χ2v) is 8.87. The number of halogens is 1. The number of aliphatic hydroxyl groups is 1. The van der Waals surface area contributed by atoms with Gasteiger partial charge in [-0.05, 0) is 26.0 Å². The maximum absolute atomic E-state index is 12.0. The van der Waals surface area contributed by atoms with E-state index in [1.54, 1.807) is 12.1 Å². The summed E-state index contributed by atoms with van der Waals surface area (Å²) in [5.74, 6) is 0. The maximum Gasteiger partial charge on any atom is 0.151 e. The van der Waals surface area contributed by atoms with Crippen LogP contribution < -0.4 is 0 Å². The van der Waals surface area contributed by atoms with Crippen molar-refractivity contribution in [1.82, 2.24) is 4.90 Å². The lowest BCUT2D eigenvalue weighted by molar-refractivity contribution is 0.0926. The zero-order chi connectivity index (χ0) is 16.3. The number of likely N-dealkylation sites (N-methyl/N-ethyl adjacent to an activating group) is 1. The van der Waals surface area contributed by atoms with Gasteiger partial charge >= 0.3 is 0 Å². The predicted octanol–water partition coefficient (Wildman–Crippen LogP) is 2.66. The molecule has 0 saturated heterocycles.